The van der Waals surface area contributed by atoms with Gasteiger partial charge in [0.15, 0.2) is 0 Å². The number of amides is 1. The minimum absolute atomic E-state index is 0.0418. The van der Waals surface area contributed by atoms with Gasteiger partial charge in [-0.3, -0.25) is 9.59 Å². The van der Waals surface area contributed by atoms with Crippen molar-refractivity contribution in [1.29, 1.82) is 0 Å². The smallest absolute Gasteiger partial charge is 0.404 e. The largest absolute Gasteiger partial charge is 0.449 e. The fourth-order valence-corrected chi connectivity index (χ4v) is 3.45. The van der Waals surface area contributed by atoms with E-state index in [-0.39, 0.29) is 35.5 Å². The maximum Gasteiger partial charge on any atom is 0.404 e. The van der Waals surface area contributed by atoms with Gasteiger partial charge in [-0.05, 0) is 6.92 Å². The number of hydrogen-bond acceptors (Lipinski definition) is 7. The molecule has 8 nitrogen and oxygen atoms in total. The van der Waals surface area contributed by atoms with Crippen LogP contribution in [0, 0.1) is 5.92 Å². The van der Waals surface area contributed by atoms with Gasteiger partial charge in [0.25, 0.3) is 0 Å². The molecule has 0 radical (unpaired) electrons. The molecule has 4 aliphatic rings. The first-order chi connectivity index (χ1) is 10.4. The van der Waals surface area contributed by atoms with Crippen molar-refractivity contribution >= 4 is 17.7 Å². The maximum absolute atomic E-state index is 12.5. The van der Waals surface area contributed by atoms with E-state index in [1.54, 1.807) is 6.92 Å². The van der Waals surface area contributed by atoms with Crippen LogP contribution in [0.5, 0.6) is 0 Å². The van der Waals surface area contributed by atoms with Crippen LogP contribution < -0.4 is 16.8 Å². The number of carbonyl (C=O) groups is 3. The Labute approximate surface area is 125 Å². The number of nitrogens with two attached hydrogens (primary N) is 2. The van der Waals surface area contributed by atoms with Gasteiger partial charge < -0.3 is 26.4 Å². The van der Waals surface area contributed by atoms with Gasteiger partial charge >= 0.3 is 6.09 Å². The molecule has 0 bridgehead atoms. The Morgan fingerprint density at radius 1 is 1.41 bits per heavy atom. The molecule has 3 heterocycles. The highest BCUT2D eigenvalue weighted by Gasteiger charge is 2.55. The van der Waals surface area contributed by atoms with Gasteiger partial charge in [-0.2, -0.15) is 0 Å². The van der Waals surface area contributed by atoms with Gasteiger partial charge in [-0.1, -0.05) is 0 Å². The number of nitrogens with one attached hydrogen (secondary N) is 1. The molecule has 4 rings (SSSR count). The van der Waals surface area contributed by atoms with Crippen molar-refractivity contribution in [3.63, 3.8) is 0 Å². The number of rotatable bonds is 2. The predicted molar refractivity (Wildman–Crippen MR) is 73.6 cm³/mol. The molecular weight excluding hydrogens is 288 g/mol. The molecule has 22 heavy (non-hydrogen) atoms. The highest BCUT2D eigenvalue weighted by Crippen LogP contribution is 2.49. The molecule has 8 heteroatoms. The van der Waals surface area contributed by atoms with E-state index in [2.05, 4.69) is 5.32 Å². The van der Waals surface area contributed by atoms with Gasteiger partial charge in [0.1, 0.15) is 6.61 Å². The summed E-state index contributed by atoms with van der Waals surface area (Å²) in [5.74, 6) is -1.11. The summed E-state index contributed by atoms with van der Waals surface area (Å²) in [5, 5.41) is 3.19. The summed E-state index contributed by atoms with van der Waals surface area (Å²) in [4.78, 5) is 37.8. The van der Waals surface area contributed by atoms with E-state index in [4.69, 9.17) is 16.2 Å². The first kappa shape index (κ1) is 12.9. The third-order valence-corrected chi connectivity index (χ3v) is 4.57. The zero-order valence-electron chi connectivity index (χ0n) is 11.8. The molecule has 1 amide bonds. The summed E-state index contributed by atoms with van der Waals surface area (Å²) in [6.45, 7) is 2.07. The fraction of sp³-hybridized carbons (Fsp3) is 0.357. The third-order valence-electron chi connectivity index (χ3n) is 4.57. The van der Waals surface area contributed by atoms with Crippen molar-refractivity contribution in [3.8, 4) is 0 Å². The van der Waals surface area contributed by atoms with E-state index >= 15 is 0 Å². The molecule has 2 atom stereocenters. The Morgan fingerprint density at radius 2 is 2.14 bits per heavy atom. The Bertz CT molecular complexity index is 761. The van der Waals surface area contributed by atoms with Gasteiger partial charge in [-0.15, -0.1) is 0 Å². The summed E-state index contributed by atoms with van der Waals surface area (Å²) >= 11 is 0. The van der Waals surface area contributed by atoms with Crippen LogP contribution >= 0.6 is 0 Å². The lowest BCUT2D eigenvalue weighted by atomic mass is 9.86. The van der Waals surface area contributed by atoms with E-state index in [1.807, 2.05) is 4.90 Å². The molecule has 3 aliphatic heterocycles. The van der Waals surface area contributed by atoms with Gasteiger partial charge in [-0.25, -0.2) is 4.79 Å². The zero-order chi connectivity index (χ0) is 15.8. The van der Waals surface area contributed by atoms with Crippen molar-refractivity contribution in [2.75, 3.05) is 13.2 Å². The normalized spacial score (nSPS) is 28.7. The minimum atomic E-state index is -0.918. The number of ketones is 2. The predicted octanol–water partition coefficient (Wildman–Crippen LogP) is -1.15. The first-order valence-corrected chi connectivity index (χ1v) is 6.92. The average molecular weight is 302 g/mol. The highest BCUT2D eigenvalue weighted by molar-refractivity contribution is 6.25. The monoisotopic (exact) mass is 302 g/mol. The van der Waals surface area contributed by atoms with Crippen LogP contribution in [0.4, 0.5) is 4.79 Å². The van der Waals surface area contributed by atoms with Crippen LogP contribution in [-0.4, -0.2) is 41.8 Å². The maximum atomic E-state index is 12.5. The van der Waals surface area contributed by atoms with Crippen LogP contribution in [0.25, 0.3) is 0 Å². The number of nitrogens with zero attached hydrogens (tertiary/aromatic N) is 1. The summed E-state index contributed by atoms with van der Waals surface area (Å²) < 4.78 is 4.89. The molecule has 0 aromatic rings. The van der Waals surface area contributed by atoms with Gasteiger partial charge in [0, 0.05) is 17.7 Å². The minimum Gasteiger partial charge on any atom is -0.449 e. The second-order valence-electron chi connectivity index (χ2n) is 5.75. The number of fused-ring (bicyclic) bond motifs is 3. The highest BCUT2D eigenvalue weighted by atomic mass is 16.5. The van der Waals surface area contributed by atoms with Gasteiger partial charge in [0.05, 0.1) is 34.7 Å². The Balaban J connectivity index is 1.81. The molecule has 114 valence electrons. The number of ether oxygens (including phenoxy) is 1. The summed E-state index contributed by atoms with van der Waals surface area (Å²) in [5.41, 5.74) is 13.5. The van der Waals surface area contributed by atoms with Gasteiger partial charge in [0.2, 0.25) is 11.6 Å². The number of carbonyl (C=O) groups excluding carboxylic acids is 3. The van der Waals surface area contributed by atoms with Crippen LogP contribution in [0.3, 0.4) is 0 Å². The molecule has 0 saturated carbocycles. The Morgan fingerprint density at radius 3 is 2.82 bits per heavy atom. The van der Waals surface area contributed by atoms with Crippen molar-refractivity contribution in [3.05, 3.63) is 33.9 Å². The van der Waals surface area contributed by atoms with Crippen molar-refractivity contribution in [1.82, 2.24) is 10.2 Å². The quantitative estimate of drug-likeness (QED) is 0.432. The molecule has 0 aromatic carbocycles. The molecule has 5 N–H and O–H groups in total. The number of Topliss-reactive ketones (excluding diaryl/α,β-unsaturated/α-hetero) is 2. The molecule has 1 fully saturated rings. The lowest BCUT2D eigenvalue weighted by Crippen LogP contribution is -2.32. The van der Waals surface area contributed by atoms with E-state index in [0.717, 1.165) is 11.4 Å². The number of primary amides is 1. The molecule has 0 aromatic heterocycles. The van der Waals surface area contributed by atoms with Crippen LogP contribution in [0.2, 0.25) is 0 Å². The van der Waals surface area contributed by atoms with E-state index in [1.165, 1.54) is 0 Å². The van der Waals surface area contributed by atoms with Crippen molar-refractivity contribution < 1.29 is 19.1 Å². The Kier molecular flexibility index (Phi) is 2.30. The second-order valence-corrected chi connectivity index (χ2v) is 5.75. The standard InChI is InChI=1S/C14H14N4O4/c1-4-8(15)13(20)7-5(3-22-14(16)21)10-9-6(17-9)2-18(10)11(7)12(4)19/h5-6,17H,2-3,15H2,1H3,(H2,16,21). The van der Waals surface area contributed by atoms with Crippen LogP contribution in [0.15, 0.2) is 33.9 Å². The molecule has 2 unspecified atom stereocenters. The van der Waals surface area contributed by atoms with Crippen LogP contribution in [-0.2, 0) is 14.3 Å². The van der Waals surface area contributed by atoms with E-state index in [9.17, 15) is 14.4 Å². The zero-order valence-corrected chi connectivity index (χ0v) is 11.8. The first-order valence-electron chi connectivity index (χ1n) is 6.92. The SMILES string of the molecule is CC1=C(N)C(=O)C2=C(C1=O)N1CC3NC3=C1C2COC(N)=O. The molecule has 0 spiro atoms. The summed E-state index contributed by atoms with van der Waals surface area (Å²) in [6, 6.07) is 0.201. The summed E-state index contributed by atoms with van der Waals surface area (Å²) in [7, 11) is 0. The van der Waals surface area contributed by atoms with Crippen molar-refractivity contribution in [2.24, 2.45) is 17.4 Å². The van der Waals surface area contributed by atoms with E-state index in [0.29, 0.717) is 17.8 Å². The number of hydrogen-bond donors (Lipinski definition) is 3. The lowest BCUT2D eigenvalue weighted by Gasteiger charge is -2.22. The molecule has 1 aliphatic carbocycles. The average Bonchev–Trinajstić information content (AvgIpc) is 3.01. The Hall–Kier alpha value is -2.77. The molecular formula is C14H14N4O4. The topological polar surface area (TPSA) is 138 Å². The third kappa shape index (κ3) is 1.44. The second kappa shape index (κ2) is 3.90. The number of allylic oxidation sites excluding steroid dienone is 2. The molecule has 1 saturated heterocycles. The van der Waals surface area contributed by atoms with Crippen LogP contribution in [0.1, 0.15) is 6.92 Å². The van der Waals surface area contributed by atoms with Crippen molar-refractivity contribution in [2.45, 2.75) is 13.0 Å². The lowest BCUT2D eigenvalue weighted by molar-refractivity contribution is -0.117. The fourth-order valence-electron chi connectivity index (χ4n) is 3.45. The van der Waals surface area contributed by atoms with E-state index < -0.39 is 12.0 Å². The summed E-state index contributed by atoms with van der Waals surface area (Å²) in [6.07, 6.45) is -0.918.